The van der Waals surface area contributed by atoms with E-state index < -0.39 is 9.84 Å². The Bertz CT molecular complexity index is 583. The molecule has 1 aliphatic heterocycles. The van der Waals surface area contributed by atoms with Gasteiger partial charge in [-0.15, -0.1) is 0 Å². The molecule has 1 fully saturated rings. The molecule has 19 heavy (non-hydrogen) atoms. The molecule has 2 rings (SSSR count). The van der Waals surface area contributed by atoms with Crippen LogP contribution in [0.25, 0.3) is 0 Å². The molecule has 0 unspecified atom stereocenters. The molecule has 0 aromatic heterocycles. The normalized spacial score (nSPS) is 19.2. The first kappa shape index (κ1) is 14.4. The third kappa shape index (κ3) is 3.75. The summed E-state index contributed by atoms with van der Waals surface area (Å²) in [6.45, 7) is 4.02. The van der Waals surface area contributed by atoms with E-state index in [2.05, 4.69) is 4.90 Å². The van der Waals surface area contributed by atoms with Crippen LogP contribution in [0, 0.1) is 6.92 Å². The minimum absolute atomic E-state index is 0.261. The van der Waals surface area contributed by atoms with Gasteiger partial charge in [0.1, 0.15) is 4.99 Å². The molecule has 1 aromatic carbocycles. The fraction of sp³-hybridized carbons (Fsp3) is 0.462. The Morgan fingerprint density at radius 3 is 2.53 bits per heavy atom. The van der Waals surface area contributed by atoms with Gasteiger partial charge < -0.3 is 5.73 Å². The van der Waals surface area contributed by atoms with Crippen molar-refractivity contribution in [2.75, 3.05) is 24.6 Å². The van der Waals surface area contributed by atoms with Crippen LogP contribution in [0.2, 0.25) is 0 Å². The third-order valence-electron chi connectivity index (χ3n) is 3.46. The molecule has 0 atom stereocenters. The molecule has 1 aromatic rings. The molecular weight excluding hydrogens is 280 g/mol. The van der Waals surface area contributed by atoms with Gasteiger partial charge in [0, 0.05) is 25.2 Å². The highest BCUT2D eigenvalue weighted by Gasteiger charge is 2.21. The molecule has 4 nitrogen and oxygen atoms in total. The number of nitrogens with two attached hydrogens (primary N) is 1. The van der Waals surface area contributed by atoms with Crippen LogP contribution in [-0.4, -0.2) is 42.9 Å². The van der Waals surface area contributed by atoms with Crippen molar-refractivity contribution in [2.24, 2.45) is 5.73 Å². The fourth-order valence-electron chi connectivity index (χ4n) is 2.18. The summed E-state index contributed by atoms with van der Waals surface area (Å²) in [5.74, 6) is 0.522. The Balaban J connectivity index is 2.06. The maximum Gasteiger partial charge on any atom is 0.152 e. The van der Waals surface area contributed by atoms with E-state index in [9.17, 15) is 8.42 Å². The predicted molar refractivity (Wildman–Crippen MR) is 81.0 cm³/mol. The first-order valence-electron chi connectivity index (χ1n) is 6.19. The van der Waals surface area contributed by atoms with E-state index in [0.29, 0.717) is 18.1 Å². The van der Waals surface area contributed by atoms with Gasteiger partial charge in [0.05, 0.1) is 11.5 Å². The number of hydrogen-bond acceptors (Lipinski definition) is 4. The molecule has 0 radical (unpaired) electrons. The molecule has 0 amide bonds. The van der Waals surface area contributed by atoms with Gasteiger partial charge in [0.25, 0.3) is 0 Å². The quantitative estimate of drug-likeness (QED) is 0.839. The van der Waals surface area contributed by atoms with E-state index in [4.69, 9.17) is 18.0 Å². The summed E-state index contributed by atoms with van der Waals surface area (Å²) in [4.78, 5) is 2.57. The summed E-state index contributed by atoms with van der Waals surface area (Å²) in [7, 11) is -2.81. The van der Waals surface area contributed by atoms with E-state index in [0.717, 1.165) is 17.7 Å². The van der Waals surface area contributed by atoms with Crippen molar-refractivity contribution in [3.8, 4) is 0 Å². The minimum Gasteiger partial charge on any atom is -0.389 e. The number of thiocarbonyl (C=S) groups is 1. The summed E-state index contributed by atoms with van der Waals surface area (Å²) < 4.78 is 22.8. The van der Waals surface area contributed by atoms with Crippen molar-refractivity contribution in [3.63, 3.8) is 0 Å². The van der Waals surface area contributed by atoms with E-state index >= 15 is 0 Å². The van der Waals surface area contributed by atoms with Gasteiger partial charge in [0.15, 0.2) is 9.84 Å². The smallest absolute Gasteiger partial charge is 0.152 e. The lowest BCUT2D eigenvalue weighted by molar-refractivity contribution is 0.287. The summed E-state index contributed by atoms with van der Waals surface area (Å²) in [6, 6.07) is 5.93. The van der Waals surface area contributed by atoms with Gasteiger partial charge in [-0.05, 0) is 24.1 Å². The van der Waals surface area contributed by atoms with Gasteiger partial charge in [-0.25, -0.2) is 8.42 Å². The Labute approximate surface area is 119 Å². The lowest BCUT2D eigenvalue weighted by Crippen LogP contribution is -2.39. The van der Waals surface area contributed by atoms with E-state index in [-0.39, 0.29) is 11.5 Å². The van der Waals surface area contributed by atoms with Gasteiger partial charge in [-0.3, -0.25) is 4.90 Å². The predicted octanol–water partition coefficient (Wildman–Crippen LogP) is 0.860. The molecule has 1 saturated heterocycles. The molecule has 1 heterocycles. The average molecular weight is 298 g/mol. The first-order chi connectivity index (χ1) is 8.87. The Morgan fingerprint density at radius 2 is 2.00 bits per heavy atom. The molecule has 1 aliphatic rings. The third-order valence-corrected chi connectivity index (χ3v) is 5.30. The molecule has 0 bridgehead atoms. The molecule has 2 N–H and O–H groups in total. The molecule has 104 valence electrons. The SMILES string of the molecule is Cc1cc(C(N)=S)ccc1CN1CCS(=O)(=O)CC1. The highest BCUT2D eigenvalue weighted by molar-refractivity contribution is 7.91. The standard InChI is InChI=1S/C13H18N2O2S2/c1-10-8-11(13(14)18)2-3-12(10)9-15-4-6-19(16,17)7-5-15/h2-3,8H,4-7,9H2,1H3,(H2,14,18). The first-order valence-corrected chi connectivity index (χ1v) is 8.42. The van der Waals surface area contributed by atoms with Crippen LogP contribution in [0.15, 0.2) is 18.2 Å². The highest BCUT2D eigenvalue weighted by Crippen LogP contribution is 2.15. The highest BCUT2D eigenvalue weighted by atomic mass is 32.2. The van der Waals surface area contributed by atoms with Crippen LogP contribution < -0.4 is 5.73 Å². The van der Waals surface area contributed by atoms with Gasteiger partial charge in [-0.1, -0.05) is 24.4 Å². The Kier molecular flexibility index (Phi) is 4.23. The fourth-order valence-corrected chi connectivity index (χ4v) is 3.58. The lowest BCUT2D eigenvalue weighted by atomic mass is 10.0. The van der Waals surface area contributed by atoms with Crippen molar-refractivity contribution in [1.82, 2.24) is 4.90 Å². The Morgan fingerprint density at radius 1 is 1.37 bits per heavy atom. The maximum absolute atomic E-state index is 11.4. The molecule has 6 heteroatoms. The van der Waals surface area contributed by atoms with E-state index in [1.807, 2.05) is 25.1 Å². The summed E-state index contributed by atoms with van der Waals surface area (Å²) >= 11 is 4.95. The topological polar surface area (TPSA) is 63.4 Å². The summed E-state index contributed by atoms with van der Waals surface area (Å²) in [5, 5.41) is 0. The molecular formula is C13H18N2O2S2. The zero-order valence-corrected chi connectivity index (χ0v) is 12.6. The minimum atomic E-state index is -2.81. The summed E-state index contributed by atoms with van der Waals surface area (Å²) in [5.41, 5.74) is 8.81. The van der Waals surface area contributed by atoms with Crippen molar-refractivity contribution in [2.45, 2.75) is 13.5 Å². The van der Waals surface area contributed by atoms with Gasteiger partial charge in [0.2, 0.25) is 0 Å². The number of benzene rings is 1. The Hall–Kier alpha value is -0.980. The zero-order chi connectivity index (χ0) is 14.0. The molecule has 0 aliphatic carbocycles. The second-order valence-electron chi connectivity index (χ2n) is 4.93. The number of nitrogens with zero attached hydrogens (tertiary/aromatic N) is 1. The monoisotopic (exact) mass is 298 g/mol. The van der Waals surface area contributed by atoms with Crippen LogP contribution in [0.1, 0.15) is 16.7 Å². The number of aryl methyl sites for hydroxylation is 1. The van der Waals surface area contributed by atoms with Crippen LogP contribution in [0.3, 0.4) is 0 Å². The van der Waals surface area contributed by atoms with Gasteiger partial charge in [-0.2, -0.15) is 0 Å². The van der Waals surface area contributed by atoms with Crippen molar-refractivity contribution in [3.05, 3.63) is 34.9 Å². The number of rotatable bonds is 3. The maximum atomic E-state index is 11.4. The molecule has 0 saturated carbocycles. The molecule has 0 spiro atoms. The summed E-state index contributed by atoms with van der Waals surface area (Å²) in [6.07, 6.45) is 0. The number of sulfone groups is 1. The van der Waals surface area contributed by atoms with Crippen molar-refractivity contribution in [1.29, 1.82) is 0 Å². The largest absolute Gasteiger partial charge is 0.389 e. The zero-order valence-electron chi connectivity index (χ0n) is 10.9. The van der Waals surface area contributed by atoms with Crippen LogP contribution in [0.5, 0.6) is 0 Å². The van der Waals surface area contributed by atoms with E-state index in [1.54, 1.807) is 0 Å². The van der Waals surface area contributed by atoms with Crippen LogP contribution in [-0.2, 0) is 16.4 Å². The van der Waals surface area contributed by atoms with E-state index in [1.165, 1.54) is 5.56 Å². The van der Waals surface area contributed by atoms with Gasteiger partial charge >= 0.3 is 0 Å². The average Bonchev–Trinajstić information content (AvgIpc) is 2.34. The van der Waals surface area contributed by atoms with Crippen molar-refractivity contribution >= 4 is 27.0 Å². The van der Waals surface area contributed by atoms with Crippen LogP contribution in [0.4, 0.5) is 0 Å². The second kappa shape index (κ2) is 5.56. The number of hydrogen-bond donors (Lipinski definition) is 1. The van der Waals surface area contributed by atoms with Crippen LogP contribution >= 0.6 is 12.2 Å². The van der Waals surface area contributed by atoms with Crippen molar-refractivity contribution < 1.29 is 8.42 Å². The second-order valence-corrected chi connectivity index (χ2v) is 7.68. The lowest BCUT2D eigenvalue weighted by Gasteiger charge is -2.27.